The van der Waals surface area contributed by atoms with Gasteiger partial charge < -0.3 is 4.74 Å². The molecule has 1 rings (SSSR count). The SMILES string of the molecule is CCC(=O)OC/C(C)=C/c1ccccc1. The summed E-state index contributed by atoms with van der Waals surface area (Å²) in [6.45, 7) is 4.12. The first kappa shape index (κ1) is 11.5. The van der Waals surface area contributed by atoms with Crippen LogP contribution in [-0.2, 0) is 9.53 Å². The molecule has 0 saturated heterocycles. The van der Waals surface area contributed by atoms with Gasteiger partial charge in [0.05, 0.1) is 0 Å². The molecule has 80 valence electrons. The topological polar surface area (TPSA) is 26.3 Å². The van der Waals surface area contributed by atoms with Crippen LogP contribution < -0.4 is 0 Å². The molecule has 0 bridgehead atoms. The molecular weight excluding hydrogens is 188 g/mol. The van der Waals surface area contributed by atoms with Crippen LogP contribution in [0.1, 0.15) is 25.8 Å². The highest BCUT2D eigenvalue weighted by molar-refractivity contribution is 5.69. The van der Waals surface area contributed by atoms with Crippen LogP contribution in [0.4, 0.5) is 0 Å². The maximum absolute atomic E-state index is 10.9. The number of ether oxygens (including phenoxy) is 1. The van der Waals surface area contributed by atoms with Gasteiger partial charge in [0, 0.05) is 6.42 Å². The molecule has 0 aliphatic heterocycles. The monoisotopic (exact) mass is 204 g/mol. The van der Waals surface area contributed by atoms with E-state index in [4.69, 9.17) is 4.74 Å². The highest BCUT2D eigenvalue weighted by atomic mass is 16.5. The quantitative estimate of drug-likeness (QED) is 0.704. The highest BCUT2D eigenvalue weighted by Gasteiger charge is 1.98. The number of rotatable bonds is 4. The summed E-state index contributed by atoms with van der Waals surface area (Å²) in [4.78, 5) is 10.9. The van der Waals surface area contributed by atoms with Crippen molar-refractivity contribution in [2.75, 3.05) is 6.61 Å². The second-order valence-electron chi connectivity index (χ2n) is 3.42. The zero-order valence-corrected chi connectivity index (χ0v) is 9.19. The van der Waals surface area contributed by atoms with Gasteiger partial charge >= 0.3 is 5.97 Å². The van der Waals surface area contributed by atoms with E-state index in [2.05, 4.69) is 0 Å². The largest absolute Gasteiger partial charge is 0.461 e. The third kappa shape index (κ3) is 4.45. The van der Waals surface area contributed by atoms with E-state index in [-0.39, 0.29) is 5.97 Å². The Bertz CT molecular complexity index is 339. The summed E-state index contributed by atoms with van der Waals surface area (Å²) in [6, 6.07) is 9.98. The molecule has 15 heavy (non-hydrogen) atoms. The van der Waals surface area contributed by atoms with Crippen molar-refractivity contribution in [3.8, 4) is 0 Å². The zero-order chi connectivity index (χ0) is 11.1. The van der Waals surface area contributed by atoms with Crippen LogP contribution in [0.5, 0.6) is 0 Å². The van der Waals surface area contributed by atoms with Crippen LogP contribution in [0, 0.1) is 0 Å². The van der Waals surface area contributed by atoms with E-state index in [0.717, 1.165) is 11.1 Å². The Morgan fingerprint density at radius 3 is 2.60 bits per heavy atom. The molecule has 0 spiro atoms. The molecule has 2 heteroatoms. The lowest BCUT2D eigenvalue weighted by Gasteiger charge is -2.03. The summed E-state index contributed by atoms with van der Waals surface area (Å²) in [5.41, 5.74) is 2.17. The van der Waals surface area contributed by atoms with Crippen LogP contribution in [-0.4, -0.2) is 12.6 Å². The van der Waals surface area contributed by atoms with Gasteiger partial charge in [-0.25, -0.2) is 0 Å². The van der Waals surface area contributed by atoms with Crippen molar-refractivity contribution in [2.45, 2.75) is 20.3 Å². The smallest absolute Gasteiger partial charge is 0.305 e. The Balaban J connectivity index is 2.50. The Labute approximate surface area is 90.6 Å². The lowest BCUT2D eigenvalue weighted by atomic mass is 10.1. The lowest BCUT2D eigenvalue weighted by molar-refractivity contribution is -0.142. The fourth-order valence-corrected chi connectivity index (χ4v) is 1.17. The Hall–Kier alpha value is -1.57. The first-order chi connectivity index (χ1) is 7.22. The molecule has 0 saturated carbocycles. The third-order valence-corrected chi connectivity index (χ3v) is 1.96. The van der Waals surface area contributed by atoms with Gasteiger partial charge in [-0.05, 0) is 18.1 Å². The van der Waals surface area contributed by atoms with E-state index >= 15 is 0 Å². The second-order valence-corrected chi connectivity index (χ2v) is 3.42. The molecule has 0 amide bonds. The first-order valence-corrected chi connectivity index (χ1v) is 5.10. The molecule has 0 atom stereocenters. The van der Waals surface area contributed by atoms with Crippen LogP contribution in [0.25, 0.3) is 6.08 Å². The van der Waals surface area contributed by atoms with Gasteiger partial charge in [-0.2, -0.15) is 0 Å². The fraction of sp³-hybridized carbons (Fsp3) is 0.308. The van der Waals surface area contributed by atoms with Crippen LogP contribution in [0.15, 0.2) is 35.9 Å². The molecule has 1 aromatic rings. The van der Waals surface area contributed by atoms with Crippen molar-refractivity contribution in [2.24, 2.45) is 0 Å². The van der Waals surface area contributed by atoms with Gasteiger partial charge in [-0.1, -0.05) is 43.3 Å². The summed E-state index contributed by atoms with van der Waals surface area (Å²) in [5.74, 6) is -0.157. The third-order valence-electron chi connectivity index (χ3n) is 1.96. The van der Waals surface area contributed by atoms with E-state index < -0.39 is 0 Å². The Kier molecular flexibility index (Phi) is 4.61. The molecule has 0 fully saturated rings. The maximum Gasteiger partial charge on any atom is 0.305 e. The standard InChI is InChI=1S/C13H16O2/c1-3-13(14)15-10-11(2)9-12-7-5-4-6-8-12/h4-9H,3,10H2,1-2H3/b11-9+. The molecule has 0 aliphatic carbocycles. The highest BCUT2D eigenvalue weighted by Crippen LogP contribution is 2.06. The van der Waals surface area contributed by atoms with Gasteiger partial charge in [0.2, 0.25) is 0 Å². The van der Waals surface area contributed by atoms with Crippen LogP contribution >= 0.6 is 0 Å². The lowest BCUT2D eigenvalue weighted by Crippen LogP contribution is -2.04. The van der Waals surface area contributed by atoms with Crippen molar-refractivity contribution in [1.82, 2.24) is 0 Å². The number of esters is 1. The molecular formula is C13H16O2. The zero-order valence-electron chi connectivity index (χ0n) is 9.19. The fourth-order valence-electron chi connectivity index (χ4n) is 1.17. The summed E-state index contributed by atoms with van der Waals surface area (Å²) < 4.78 is 5.02. The maximum atomic E-state index is 10.9. The normalized spacial score (nSPS) is 11.2. The predicted molar refractivity (Wildman–Crippen MR) is 61.3 cm³/mol. The number of carbonyl (C=O) groups excluding carboxylic acids is 1. The predicted octanol–water partition coefficient (Wildman–Crippen LogP) is 3.04. The van der Waals surface area contributed by atoms with E-state index in [9.17, 15) is 4.79 Å². The number of hydrogen-bond donors (Lipinski definition) is 0. The Morgan fingerprint density at radius 1 is 1.33 bits per heavy atom. The Morgan fingerprint density at radius 2 is 2.00 bits per heavy atom. The molecule has 1 aromatic carbocycles. The average Bonchev–Trinajstić information content (AvgIpc) is 2.27. The van der Waals surface area contributed by atoms with Crippen molar-refractivity contribution >= 4 is 12.0 Å². The average molecular weight is 204 g/mol. The summed E-state index contributed by atoms with van der Waals surface area (Å²) >= 11 is 0. The molecule has 0 aromatic heterocycles. The molecule has 0 radical (unpaired) electrons. The van der Waals surface area contributed by atoms with Crippen molar-refractivity contribution in [1.29, 1.82) is 0 Å². The number of benzene rings is 1. The van der Waals surface area contributed by atoms with Crippen molar-refractivity contribution in [3.63, 3.8) is 0 Å². The van der Waals surface area contributed by atoms with Crippen molar-refractivity contribution in [3.05, 3.63) is 41.5 Å². The van der Waals surface area contributed by atoms with E-state index in [0.29, 0.717) is 13.0 Å². The number of hydrogen-bond acceptors (Lipinski definition) is 2. The summed E-state index contributed by atoms with van der Waals surface area (Å²) in [7, 11) is 0. The van der Waals surface area contributed by atoms with Crippen LogP contribution in [0.2, 0.25) is 0 Å². The molecule has 0 aliphatic rings. The van der Waals surface area contributed by atoms with Gasteiger partial charge in [-0.15, -0.1) is 0 Å². The number of carbonyl (C=O) groups is 1. The van der Waals surface area contributed by atoms with Crippen LogP contribution in [0.3, 0.4) is 0 Å². The minimum absolute atomic E-state index is 0.157. The minimum atomic E-state index is -0.157. The minimum Gasteiger partial charge on any atom is -0.461 e. The molecule has 0 unspecified atom stereocenters. The van der Waals surface area contributed by atoms with E-state index in [1.54, 1.807) is 6.92 Å². The van der Waals surface area contributed by atoms with Crippen molar-refractivity contribution < 1.29 is 9.53 Å². The second kappa shape index (κ2) is 6.02. The summed E-state index contributed by atoms with van der Waals surface area (Å²) in [6.07, 6.45) is 2.45. The van der Waals surface area contributed by atoms with Gasteiger partial charge in [-0.3, -0.25) is 4.79 Å². The summed E-state index contributed by atoms with van der Waals surface area (Å²) in [5, 5.41) is 0. The first-order valence-electron chi connectivity index (χ1n) is 5.10. The van der Waals surface area contributed by atoms with Gasteiger partial charge in [0.25, 0.3) is 0 Å². The molecule has 2 nitrogen and oxygen atoms in total. The van der Waals surface area contributed by atoms with Gasteiger partial charge in [0.15, 0.2) is 0 Å². The van der Waals surface area contributed by atoms with Gasteiger partial charge in [0.1, 0.15) is 6.61 Å². The molecule has 0 N–H and O–H groups in total. The molecule has 0 heterocycles. The van der Waals surface area contributed by atoms with E-state index in [1.165, 1.54) is 0 Å². The van der Waals surface area contributed by atoms with E-state index in [1.807, 2.05) is 43.3 Å².